The number of benzene rings is 2. The van der Waals surface area contributed by atoms with Gasteiger partial charge < -0.3 is 0 Å². The Morgan fingerprint density at radius 2 is 1.53 bits per heavy atom. The van der Waals surface area contributed by atoms with Crippen LogP contribution in [0.4, 0.5) is 0 Å². The summed E-state index contributed by atoms with van der Waals surface area (Å²) in [5.41, 5.74) is 2.42. The van der Waals surface area contributed by atoms with Gasteiger partial charge in [0.15, 0.2) is 0 Å². The molecule has 0 saturated heterocycles. The third-order valence-corrected chi connectivity index (χ3v) is 3.69. The van der Waals surface area contributed by atoms with E-state index in [4.69, 9.17) is 0 Å². The largest absolute Gasteiger partial charge is 0.0990 e. The van der Waals surface area contributed by atoms with E-state index in [9.17, 15) is 0 Å². The molecule has 2 rings (SSSR count). The second-order valence-electron chi connectivity index (χ2n) is 3.19. The van der Waals surface area contributed by atoms with Crippen LogP contribution in [0, 0.1) is 8.40 Å². The normalized spacial score (nSPS) is 10.6. The minimum atomic E-state index is 1.14. The van der Waals surface area contributed by atoms with Gasteiger partial charge in [-0.3, -0.25) is 0 Å². The van der Waals surface area contributed by atoms with E-state index in [0.29, 0.717) is 0 Å². The van der Waals surface area contributed by atoms with Crippen molar-refractivity contribution in [1.82, 2.24) is 0 Å². The van der Waals surface area contributed by atoms with Crippen LogP contribution in [0.5, 0.6) is 0 Å². The van der Waals surface area contributed by atoms with Crippen molar-refractivity contribution >= 4 is 38.5 Å². The van der Waals surface area contributed by atoms with Gasteiger partial charge in [0.2, 0.25) is 0 Å². The third kappa shape index (κ3) is 2.82. The molecule has 0 amide bonds. The van der Waals surface area contributed by atoms with Crippen LogP contribution in [0.15, 0.2) is 54.6 Å². The Kier molecular flexibility index (Phi) is 3.81. The van der Waals surface area contributed by atoms with Crippen LogP contribution in [-0.4, -0.2) is 0 Å². The highest BCUT2D eigenvalue weighted by Crippen LogP contribution is 2.29. The van der Waals surface area contributed by atoms with E-state index in [-0.39, 0.29) is 0 Å². The molecule has 75 valence electrons. The molecule has 0 fully saturated rings. The zero-order chi connectivity index (χ0) is 10.7. The lowest BCUT2D eigenvalue weighted by atomic mass is 10.1. The van der Waals surface area contributed by atoms with Crippen molar-refractivity contribution in [1.29, 1.82) is 0 Å². The summed E-state index contributed by atoms with van der Waals surface area (Å²) in [4.78, 5) is 1.14. The van der Waals surface area contributed by atoms with Gasteiger partial charge in [0, 0.05) is 3.57 Å². The summed E-state index contributed by atoms with van der Waals surface area (Å²) in [5.74, 6) is 0. The smallest absolute Gasteiger partial charge is 0.0725 e. The molecule has 0 spiro atoms. The fourth-order valence-electron chi connectivity index (χ4n) is 1.38. The Hall–Kier alpha value is -0.350. The molecule has 0 nitrogen and oxygen atoms in total. The van der Waals surface area contributed by atoms with Crippen LogP contribution in [-0.2, 0) is 0 Å². The molecule has 0 aliphatic heterocycles. The first-order chi connectivity index (χ1) is 7.27. The predicted molar refractivity (Wildman–Crippen MR) is 76.0 cm³/mol. The van der Waals surface area contributed by atoms with Crippen molar-refractivity contribution < 1.29 is 0 Å². The average molecular weight is 372 g/mol. The lowest BCUT2D eigenvalue weighted by Gasteiger charge is -2.09. The minimum absolute atomic E-state index is 1.14. The van der Waals surface area contributed by atoms with Crippen LogP contribution in [0.3, 0.4) is 0 Å². The van der Waals surface area contributed by atoms with Crippen LogP contribution < -0.4 is 0 Å². The topological polar surface area (TPSA) is 0 Å². The molecule has 15 heavy (non-hydrogen) atoms. The maximum Gasteiger partial charge on any atom is 0.0990 e. The molecule has 0 saturated carbocycles. The zero-order valence-corrected chi connectivity index (χ0v) is 11.7. The van der Waals surface area contributed by atoms with Gasteiger partial charge in [-0.05, 0) is 45.9 Å². The Labute approximate surface area is 112 Å². The van der Waals surface area contributed by atoms with Crippen molar-refractivity contribution in [2.24, 2.45) is 0 Å². The van der Waals surface area contributed by atoms with Crippen LogP contribution in [0.1, 0.15) is 11.1 Å². The van der Waals surface area contributed by atoms with Gasteiger partial charge in [-0.1, -0.05) is 58.4 Å². The van der Waals surface area contributed by atoms with E-state index < -0.39 is 0 Å². The Morgan fingerprint density at radius 1 is 0.867 bits per heavy atom. The maximum absolute atomic E-state index is 3.64. The highest BCUT2D eigenvalue weighted by molar-refractivity contribution is 14.1. The second kappa shape index (κ2) is 5.12. The highest BCUT2D eigenvalue weighted by atomic mass is 127. The van der Waals surface area contributed by atoms with Crippen LogP contribution in [0.25, 0.3) is 0 Å². The van der Waals surface area contributed by atoms with E-state index in [1.165, 1.54) is 14.7 Å². The van der Waals surface area contributed by atoms with Crippen molar-refractivity contribution in [2.75, 3.05) is 0 Å². The lowest BCUT2D eigenvalue weighted by molar-refractivity contribution is 1.39. The Balaban J connectivity index is 2.32. The molecule has 0 heterocycles. The Bertz CT molecular complexity index is 439. The number of rotatable bonds is 2. The number of hydrogen-bond donors (Lipinski definition) is 0. The standard InChI is InChI=1S/C13H9BrI/c14-13(10-5-2-1-3-6-10)11-7-4-8-12(15)9-11/h1-9H. The summed E-state index contributed by atoms with van der Waals surface area (Å²) in [5, 5.41) is 0. The SMILES string of the molecule is Br[C](c1ccccc1)c1cccc(I)c1. The number of halogens is 2. The van der Waals surface area contributed by atoms with E-state index in [1.807, 2.05) is 18.2 Å². The van der Waals surface area contributed by atoms with Gasteiger partial charge in [0.1, 0.15) is 0 Å². The third-order valence-electron chi connectivity index (χ3n) is 2.11. The van der Waals surface area contributed by atoms with Crippen molar-refractivity contribution in [3.8, 4) is 0 Å². The van der Waals surface area contributed by atoms with Crippen molar-refractivity contribution in [3.05, 3.63) is 74.1 Å². The lowest BCUT2D eigenvalue weighted by Crippen LogP contribution is -1.93. The predicted octanol–water partition coefficient (Wildman–Crippen LogP) is 4.61. The Morgan fingerprint density at radius 3 is 2.20 bits per heavy atom. The van der Waals surface area contributed by atoms with E-state index in [2.05, 4.69) is 74.9 Å². The number of hydrogen-bond acceptors (Lipinski definition) is 0. The molecule has 0 aromatic heterocycles. The molecule has 1 radical (unpaired) electrons. The molecule has 0 atom stereocenters. The van der Waals surface area contributed by atoms with Crippen LogP contribution in [0.2, 0.25) is 0 Å². The van der Waals surface area contributed by atoms with E-state index >= 15 is 0 Å². The summed E-state index contributed by atoms with van der Waals surface area (Å²) < 4.78 is 1.25. The molecule has 0 N–H and O–H groups in total. The van der Waals surface area contributed by atoms with Gasteiger partial charge in [0.25, 0.3) is 0 Å². The van der Waals surface area contributed by atoms with Crippen molar-refractivity contribution in [3.63, 3.8) is 0 Å². The molecule has 2 aromatic carbocycles. The van der Waals surface area contributed by atoms with Gasteiger partial charge >= 0.3 is 0 Å². The molecule has 2 heteroatoms. The highest BCUT2D eigenvalue weighted by Gasteiger charge is 2.10. The summed E-state index contributed by atoms with van der Waals surface area (Å²) in [6, 6.07) is 18.8. The average Bonchev–Trinajstić information content (AvgIpc) is 2.29. The molecule has 2 aromatic rings. The summed E-state index contributed by atoms with van der Waals surface area (Å²) in [6.45, 7) is 0. The molecule has 0 aliphatic carbocycles. The first-order valence-corrected chi connectivity index (χ1v) is 6.48. The molecular formula is C13H9BrI. The monoisotopic (exact) mass is 371 g/mol. The molecular weight excluding hydrogens is 363 g/mol. The van der Waals surface area contributed by atoms with Gasteiger partial charge in [-0.25, -0.2) is 0 Å². The fraction of sp³-hybridized carbons (Fsp3) is 0. The molecule has 0 bridgehead atoms. The summed E-state index contributed by atoms with van der Waals surface area (Å²) in [6.07, 6.45) is 0. The molecule has 0 unspecified atom stereocenters. The summed E-state index contributed by atoms with van der Waals surface area (Å²) in [7, 11) is 0. The minimum Gasteiger partial charge on any atom is -0.0725 e. The zero-order valence-electron chi connectivity index (χ0n) is 7.95. The summed E-state index contributed by atoms with van der Waals surface area (Å²) >= 11 is 5.97. The van der Waals surface area contributed by atoms with Gasteiger partial charge in [-0.2, -0.15) is 0 Å². The van der Waals surface area contributed by atoms with E-state index in [0.717, 1.165) is 4.83 Å². The first-order valence-electron chi connectivity index (χ1n) is 4.61. The maximum atomic E-state index is 3.64. The van der Waals surface area contributed by atoms with Gasteiger partial charge in [-0.15, -0.1) is 0 Å². The van der Waals surface area contributed by atoms with E-state index in [1.54, 1.807) is 0 Å². The quantitative estimate of drug-likeness (QED) is 0.676. The van der Waals surface area contributed by atoms with Crippen molar-refractivity contribution in [2.45, 2.75) is 0 Å². The van der Waals surface area contributed by atoms with Crippen LogP contribution >= 0.6 is 38.5 Å². The second-order valence-corrected chi connectivity index (χ2v) is 5.23. The first kappa shape index (κ1) is 11.1. The van der Waals surface area contributed by atoms with Gasteiger partial charge in [0.05, 0.1) is 4.83 Å². The fourth-order valence-corrected chi connectivity index (χ4v) is 2.43. The molecule has 0 aliphatic rings.